The number of nitrogens with one attached hydrogen (secondary N) is 1. The maximum Gasteiger partial charge on any atom is 0.271 e. The van der Waals surface area contributed by atoms with Crippen LogP contribution in [0.15, 0.2) is 18.6 Å². The summed E-state index contributed by atoms with van der Waals surface area (Å²) in [6, 6.07) is 0. The second-order valence-corrected chi connectivity index (χ2v) is 5.23. The Hall–Kier alpha value is -1.49. The summed E-state index contributed by atoms with van der Waals surface area (Å²) < 4.78 is 0. The highest BCUT2D eigenvalue weighted by molar-refractivity contribution is 5.92. The third kappa shape index (κ3) is 1.80. The van der Waals surface area contributed by atoms with E-state index in [0.717, 1.165) is 25.7 Å². The van der Waals surface area contributed by atoms with Crippen LogP contribution in [0.25, 0.3) is 0 Å². The predicted molar refractivity (Wildman–Crippen MR) is 60.3 cm³/mol. The molecule has 1 aromatic heterocycles. The Kier molecular flexibility index (Phi) is 2.19. The molecule has 0 unspecified atom stereocenters. The van der Waals surface area contributed by atoms with Gasteiger partial charge in [-0.15, -0.1) is 0 Å². The number of rotatable bonds is 2. The molecular weight excluding hydrogens is 218 g/mol. The van der Waals surface area contributed by atoms with Crippen molar-refractivity contribution in [3.05, 3.63) is 24.3 Å². The third-order valence-corrected chi connectivity index (χ3v) is 3.98. The van der Waals surface area contributed by atoms with E-state index in [4.69, 9.17) is 0 Å². The topological polar surface area (TPSA) is 75.1 Å². The number of aliphatic hydroxyl groups is 1. The zero-order valence-electron chi connectivity index (χ0n) is 9.52. The summed E-state index contributed by atoms with van der Waals surface area (Å²) in [4.78, 5) is 19.9. The average Bonchev–Trinajstić information content (AvgIpc) is 2.83. The molecule has 5 nitrogen and oxygen atoms in total. The first-order valence-electron chi connectivity index (χ1n) is 5.92. The van der Waals surface area contributed by atoms with Crippen molar-refractivity contribution < 1.29 is 9.90 Å². The normalized spacial score (nSPS) is 34.9. The molecule has 0 atom stereocenters. The van der Waals surface area contributed by atoms with E-state index in [1.165, 1.54) is 12.4 Å². The fraction of sp³-hybridized carbons (Fsp3) is 0.583. The number of amides is 1. The number of carbonyl (C=O) groups is 1. The van der Waals surface area contributed by atoms with Gasteiger partial charge in [0.25, 0.3) is 5.91 Å². The Morgan fingerprint density at radius 3 is 2.59 bits per heavy atom. The number of hydrogen-bond donors (Lipinski definition) is 2. The molecule has 2 N–H and O–H groups in total. The van der Waals surface area contributed by atoms with Gasteiger partial charge in [-0.05, 0) is 32.1 Å². The van der Waals surface area contributed by atoms with Crippen molar-refractivity contribution in [2.45, 2.75) is 43.2 Å². The molecule has 0 saturated heterocycles. The monoisotopic (exact) mass is 233 g/mol. The van der Waals surface area contributed by atoms with Crippen molar-refractivity contribution >= 4 is 5.91 Å². The SMILES string of the molecule is O=C(NC12CCC(O)(CC1)C2)c1cnccn1. The lowest BCUT2D eigenvalue weighted by atomic mass is 9.92. The first-order valence-corrected chi connectivity index (χ1v) is 5.92. The van der Waals surface area contributed by atoms with Gasteiger partial charge in [-0.2, -0.15) is 0 Å². The molecule has 1 aromatic rings. The number of aromatic nitrogens is 2. The fourth-order valence-electron chi connectivity index (χ4n) is 3.07. The van der Waals surface area contributed by atoms with E-state index in [0.29, 0.717) is 12.1 Å². The van der Waals surface area contributed by atoms with Gasteiger partial charge in [-0.1, -0.05) is 0 Å². The second kappa shape index (κ2) is 3.50. The molecule has 0 aliphatic heterocycles. The van der Waals surface area contributed by atoms with Crippen LogP contribution in [0.4, 0.5) is 0 Å². The molecule has 2 bridgehead atoms. The van der Waals surface area contributed by atoms with Crippen molar-refractivity contribution in [2.24, 2.45) is 0 Å². The zero-order chi connectivity index (χ0) is 11.9. The summed E-state index contributed by atoms with van der Waals surface area (Å²) in [5, 5.41) is 13.1. The van der Waals surface area contributed by atoms with Gasteiger partial charge < -0.3 is 10.4 Å². The van der Waals surface area contributed by atoms with Crippen molar-refractivity contribution in [3.8, 4) is 0 Å². The van der Waals surface area contributed by atoms with E-state index in [2.05, 4.69) is 15.3 Å². The Labute approximate surface area is 99.3 Å². The van der Waals surface area contributed by atoms with Gasteiger partial charge in [0.1, 0.15) is 5.69 Å². The summed E-state index contributed by atoms with van der Waals surface area (Å²) in [5.41, 5.74) is -0.428. The molecule has 2 fully saturated rings. The Bertz CT molecular complexity index is 438. The first kappa shape index (κ1) is 10.7. The average molecular weight is 233 g/mol. The molecule has 0 aromatic carbocycles. The predicted octanol–water partition coefficient (Wildman–Crippen LogP) is 0.654. The maximum atomic E-state index is 12.0. The van der Waals surface area contributed by atoms with Crippen LogP contribution in [0.5, 0.6) is 0 Å². The summed E-state index contributed by atoms with van der Waals surface area (Å²) in [7, 11) is 0. The largest absolute Gasteiger partial charge is 0.390 e. The highest BCUT2D eigenvalue weighted by Crippen LogP contribution is 2.50. The van der Waals surface area contributed by atoms with Gasteiger partial charge in [-0.3, -0.25) is 9.78 Å². The van der Waals surface area contributed by atoms with E-state index in [9.17, 15) is 9.90 Å². The fourth-order valence-corrected chi connectivity index (χ4v) is 3.07. The van der Waals surface area contributed by atoms with Crippen LogP contribution < -0.4 is 5.32 Å². The smallest absolute Gasteiger partial charge is 0.271 e. The van der Waals surface area contributed by atoms with Gasteiger partial charge in [0.2, 0.25) is 0 Å². The number of fused-ring (bicyclic) bond motifs is 2. The molecule has 90 valence electrons. The minimum absolute atomic E-state index is 0.191. The van der Waals surface area contributed by atoms with E-state index in [1.807, 2.05) is 0 Å². The maximum absolute atomic E-state index is 12.0. The summed E-state index contributed by atoms with van der Waals surface area (Å²) in [6.07, 6.45) is 8.46. The van der Waals surface area contributed by atoms with Crippen LogP contribution in [-0.4, -0.2) is 32.1 Å². The molecule has 5 heteroatoms. The molecule has 2 saturated carbocycles. The minimum Gasteiger partial charge on any atom is -0.390 e. The lowest BCUT2D eigenvalue weighted by Gasteiger charge is -2.27. The van der Waals surface area contributed by atoms with Gasteiger partial charge in [0.05, 0.1) is 11.8 Å². The number of hydrogen-bond acceptors (Lipinski definition) is 4. The van der Waals surface area contributed by atoms with E-state index >= 15 is 0 Å². The van der Waals surface area contributed by atoms with Crippen molar-refractivity contribution in [2.75, 3.05) is 0 Å². The Morgan fingerprint density at radius 2 is 2.06 bits per heavy atom. The van der Waals surface area contributed by atoms with Gasteiger partial charge in [-0.25, -0.2) is 4.98 Å². The molecular formula is C12H15N3O2. The van der Waals surface area contributed by atoms with Crippen LogP contribution >= 0.6 is 0 Å². The summed E-state index contributed by atoms with van der Waals surface area (Å²) in [5.74, 6) is -0.191. The molecule has 2 aliphatic carbocycles. The Balaban J connectivity index is 1.75. The Morgan fingerprint density at radius 1 is 1.29 bits per heavy atom. The quantitative estimate of drug-likeness (QED) is 0.786. The van der Waals surface area contributed by atoms with Gasteiger partial charge in [0, 0.05) is 17.9 Å². The zero-order valence-corrected chi connectivity index (χ0v) is 9.52. The van der Waals surface area contributed by atoms with Crippen LogP contribution in [0.2, 0.25) is 0 Å². The van der Waals surface area contributed by atoms with Crippen LogP contribution in [0.3, 0.4) is 0 Å². The standard InChI is InChI=1S/C12H15N3O2/c16-10(9-7-13-5-6-14-9)15-11-1-3-12(17,8-11)4-2-11/h5-7,17H,1-4,8H2,(H,15,16). The first-order chi connectivity index (χ1) is 8.11. The van der Waals surface area contributed by atoms with E-state index < -0.39 is 5.60 Å². The number of nitrogens with zero attached hydrogens (tertiary/aromatic N) is 2. The van der Waals surface area contributed by atoms with Gasteiger partial charge >= 0.3 is 0 Å². The van der Waals surface area contributed by atoms with E-state index in [1.54, 1.807) is 6.20 Å². The van der Waals surface area contributed by atoms with Crippen LogP contribution in [0, 0.1) is 0 Å². The highest BCUT2D eigenvalue weighted by atomic mass is 16.3. The summed E-state index contributed by atoms with van der Waals surface area (Å²) >= 11 is 0. The molecule has 0 radical (unpaired) electrons. The van der Waals surface area contributed by atoms with Crippen molar-refractivity contribution in [1.29, 1.82) is 0 Å². The molecule has 17 heavy (non-hydrogen) atoms. The van der Waals surface area contributed by atoms with Crippen molar-refractivity contribution in [3.63, 3.8) is 0 Å². The molecule has 1 heterocycles. The van der Waals surface area contributed by atoms with Crippen LogP contribution in [0.1, 0.15) is 42.6 Å². The second-order valence-electron chi connectivity index (χ2n) is 5.23. The number of carbonyl (C=O) groups excluding carboxylic acids is 1. The van der Waals surface area contributed by atoms with Gasteiger partial charge in [0.15, 0.2) is 0 Å². The minimum atomic E-state index is -0.546. The molecule has 2 aliphatic rings. The third-order valence-electron chi connectivity index (χ3n) is 3.98. The molecule has 3 rings (SSSR count). The summed E-state index contributed by atoms with van der Waals surface area (Å²) in [6.45, 7) is 0. The lowest BCUT2D eigenvalue weighted by Crippen LogP contribution is -2.45. The van der Waals surface area contributed by atoms with Crippen molar-refractivity contribution in [1.82, 2.24) is 15.3 Å². The molecule has 1 amide bonds. The highest BCUT2D eigenvalue weighted by Gasteiger charge is 2.54. The molecule has 0 spiro atoms. The lowest BCUT2D eigenvalue weighted by molar-refractivity contribution is 0.0521. The van der Waals surface area contributed by atoms with E-state index in [-0.39, 0.29) is 11.4 Å². The van der Waals surface area contributed by atoms with Crippen LogP contribution in [-0.2, 0) is 0 Å².